The normalized spacial score (nSPS) is 19.7. The minimum atomic E-state index is -0.855. The number of likely N-dealkylation sites (tertiary alicyclic amines) is 1. The second kappa shape index (κ2) is 10.9. The summed E-state index contributed by atoms with van der Waals surface area (Å²) in [5.74, 6) is -0.995. The summed E-state index contributed by atoms with van der Waals surface area (Å²) >= 11 is 0. The fourth-order valence-corrected chi connectivity index (χ4v) is 5.20. The molecule has 2 amide bonds. The van der Waals surface area contributed by atoms with E-state index in [9.17, 15) is 14.4 Å². The van der Waals surface area contributed by atoms with Crippen molar-refractivity contribution < 1.29 is 29.0 Å². The number of nitrogens with one attached hydrogen (secondary N) is 1. The molecule has 2 N–H and O–H groups in total. The maximum absolute atomic E-state index is 12.9. The molecule has 2 aromatic rings. The molecule has 35 heavy (non-hydrogen) atoms. The van der Waals surface area contributed by atoms with Crippen LogP contribution in [-0.4, -0.2) is 67.4 Å². The van der Waals surface area contributed by atoms with Crippen molar-refractivity contribution in [2.24, 2.45) is 11.8 Å². The van der Waals surface area contributed by atoms with Gasteiger partial charge in [-0.2, -0.15) is 0 Å². The summed E-state index contributed by atoms with van der Waals surface area (Å²) in [6.45, 7) is 3.33. The van der Waals surface area contributed by atoms with Crippen LogP contribution >= 0.6 is 0 Å². The van der Waals surface area contributed by atoms with Gasteiger partial charge in [0.1, 0.15) is 12.7 Å². The highest BCUT2D eigenvalue weighted by Crippen LogP contribution is 2.44. The quantitative estimate of drug-likeness (QED) is 0.569. The van der Waals surface area contributed by atoms with Crippen LogP contribution in [0.3, 0.4) is 0 Å². The summed E-state index contributed by atoms with van der Waals surface area (Å²) in [5.41, 5.74) is 4.63. The maximum Gasteiger partial charge on any atom is 0.407 e. The topological polar surface area (TPSA) is 105 Å². The van der Waals surface area contributed by atoms with Gasteiger partial charge in [0.05, 0.1) is 6.42 Å². The summed E-state index contributed by atoms with van der Waals surface area (Å²) in [5, 5.41) is 11.8. The third-order valence-corrected chi connectivity index (χ3v) is 7.10. The standard InChI is InChI=1S/C27H32N2O6/c1-17-14-29(15-18(17)13-25(30)31)26(32)24(34-2)11-12-28-27(33)35-16-23-21-9-5-3-7-19(21)20-8-4-6-10-22(20)23/h3-10,17-18,23-24H,11-16H2,1-2H3,(H,28,33)(H,30,31)/t17-,18-,24?/m1/s1. The van der Waals surface area contributed by atoms with Gasteiger partial charge < -0.3 is 24.8 Å². The number of hydrogen-bond donors (Lipinski definition) is 2. The van der Waals surface area contributed by atoms with Gasteiger partial charge in [-0.1, -0.05) is 55.5 Å². The second-order valence-corrected chi connectivity index (χ2v) is 9.34. The van der Waals surface area contributed by atoms with Crippen molar-refractivity contribution in [3.8, 4) is 11.1 Å². The van der Waals surface area contributed by atoms with Gasteiger partial charge in [0.2, 0.25) is 0 Å². The van der Waals surface area contributed by atoms with Crippen molar-refractivity contribution in [2.45, 2.75) is 31.8 Å². The van der Waals surface area contributed by atoms with Crippen LogP contribution in [0.2, 0.25) is 0 Å². The molecule has 1 heterocycles. The number of alkyl carbamates (subject to hydrolysis) is 1. The third-order valence-electron chi connectivity index (χ3n) is 7.10. The van der Waals surface area contributed by atoms with Crippen LogP contribution in [-0.2, 0) is 19.1 Å². The molecule has 4 rings (SSSR count). The van der Waals surface area contributed by atoms with Crippen molar-refractivity contribution >= 4 is 18.0 Å². The largest absolute Gasteiger partial charge is 0.481 e. The average Bonchev–Trinajstić information content (AvgIpc) is 3.37. The van der Waals surface area contributed by atoms with Crippen molar-refractivity contribution in [3.05, 3.63) is 59.7 Å². The number of fused-ring (bicyclic) bond motifs is 3. The van der Waals surface area contributed by atoms with Crippen LogP contribution in [0.25, 0.3) is 11.1 Å². The lowest BCUT2D eigenvalue weighted by Gasteiger charge is -2.23. The third kappa shape index (κ3) is 5.48. The van der Waals surface area contributed by atoms with Crippen molar-refractivity contribution in [3.63, 3.8) is 0 Å². The number of benzene rings is 2. The van der Waals surface area contributed by atoms with E-state index in [1.165, 1.54) is 18.2 Å². The Balaban J connectivity index is 1.26. The number of hydrogen-bond acceptors (Lipinski definition) is 5. The number of carboxylic acid groups (broad SMARTS) is 1. The molecule has 1 fully saturated rings. The molecule has 0 aromatic heterocycles. The lowest BCUT2D eigenvalue weighted by molar-refractivity contribution is -0.142. The minimum absolute atomic E-state index is 0.0163. The molecule has 1 aliphatic heterocycles. The van der Waals surface area contributed by atoms with E-state index in [1.54, 1.807) is 4.90 Å². The van der Waals surface area contributed by atoms with Gasteiger partial charge in [-0.25, -0.2) is 4.79 Å². The van der Waals surface area contributed by atoms with E-state index in [0.29, 0.717) is 19.5 Å². The molecule has 0 saturated carbocycles. The first-order valence-electron chi connectivity index (χ1n) is 12.0. The lowest BCUT2D eigenvalue weighted by Crippen LogP contribution is -2.41. The summed E-state index contributed by atoms with van der Waals surface area (Å²) < 4.78 is 10.9. The van der Waals surface area contributed by atoms with E-state index in [0.717, 1.165) is 11.1 Å². The van der Waals surface area contributed by atoms with E-state index in [2.05, 4.69) is 29.6 Å². The number of carbonyl (C=O) groups is 3. The highest BCUT2D eigenvalue weighted by molar-refractivity contribution is 5.81. The molecular formula is C27H32N2O6. The summed E-state index contributed by atoms with van der Waals surface area (Å²) in [6.07, 6.45) is -0.898. The van der Waals surface area contributed by atoms with Crippen LogP contribution in [0.15, 0.2) is 48.5 Å². The van der Waals surface area contributed by atoms with Gasteiger partial charge in [-0.15, -0.1) is 0 Å². The highest BCUT2D eigenvalue weighted by Gasteiger charge is 2.36. The van der Waals surface area contributed by atoms with E-state index in [4.69, 9.17) is 14.6 Å². The van der Waals surface area contributed by atoms with Crippen LogP contribution in [0.4, 0.5) is 4.79 Å². The van der Waals surface area contributed by atoms with E-state index in [1.807, 2.05) is 31.2 Å². The van der Waals surface area contributed by atoms with Gasteiger partial charge in [0.25, 0.3) is 5.91 Å². The van der Waals surface area contributed by atoms with Crippen LogP contribution in [0, 0.1) is 11.8 Å². The van der Waals surface area contributed by atoms with Crippen LogP contribution in [0.5, 0.6) is 0 Å². The Bertz CT molecular complexity index is 1040. The molecular weight excluding hydrogens is 448 g/mol. The number of rotatable bonds is 9. The molecule has 2 aromatic carbocycles. The molecule has 0 spiro atoms. The van der Waals surface area contributed by atoms with Crippen molar-refractivity contribution in [1.82, 2.24) is 10.2 Å². The molecule has 8 heteroatoms. The summed E-state index contributed by atoms with van der Waals surface area (Å²) in [6, 6.07) is 16.3. The predicted molar refractivity (Wildman–Crippen MR) is 130 cm³/mol. The molecule has 1 saturated heterocycles. The zero-order chi connectivity index (χ0) is 24.9. The SMILES string of the molecule is COC(CCNC(=O)OCC1c2ccccc2-c2ccccc21)C(=O)N1C[C@@H](CC(=O)O)[C@H](C)C1. The zero-order valence-corrected chi connectivity index (χ0v) is 20.1. The van der Waals surface area contributed by atoms with Crippen LogP contribution < -0.4 is 5.32 Å². The van der Waals surface area contributed by atoms with E-state index in [-0.39, 0.29) is 43.2 Å². The van der Waals surface area contributed by atoms with Gasteiger partial charge >= 0.3 is 12.1 Å². The fourth-order valence-electron chi connectivity index (χ4n) is 5.20. The average molecular weight is 481 g/mol. The Morgan fingerprint density at radius 3 is 2.29 bits per heavy atom. The predicted octanol–water partition coefficient (Wildman–Crippen LogP) is 3.50. The highest BCUT2D eigenvalue weighted by atomic mass is 16.5. The Hall–Kier alpha value is -3.39. The fraction of sp³-hybridized carbons (Fsp3) is 0.444. The number of amides is 2. The number of carboxylic acids is 1. The maximum atomic E-state index is 12.9. The number of nitrogens with zero attached hydrogens (tertiary/aromatic N) is 1. The number of carbonyl (C=O) groups excluding carboxylic acids is 2. The number of methoxy groups -OCH3 is 1. The van der Waals surface area contributed by atoms with Gasteiger partial charge in [-0.05, 0) is 34.1 Å². The second-order valence-electron chi connectivity index (χ2n) is 9.34. The van der Waals surface area contributed by atoms with Gasteiger partial charge in [0.15, 0.2) is 0 Å². The molecule has 0 bridgehead atoms. The molecule has 8 nitrogen and oxygen atoms in total. The first kappa shape index (κ1) is 24.7. The first-order chi connectivity index (χ1) is 16.9. The molecule has 0 radical (unpaired) electrons. The van der Waals surface area contributed by atoms with Crippen molar-refractivity contribution in [2.75, 3.05) is 33.4 Å². The lowest BCUT2D eigenvalue weighted by atomic mass is 9.95. The van der Waals surface area contributed by atoms with E-state index < -0.39 is 18.2 Å². The minimum Gasteiger partial charge on any atom is -0.481 e. The number of aliphatic carboxylic acids is 1. The number of ether oxygens (including phenoxy) is 2. The molecule has 2 aliphatic rings. The van der Waals surface area contributed by atoms with E-state index >= 15 is 0 Å². The zero-order valence-electron chi connectivity index (χ0n) is 20.1. The Morgan fingerprint density at radius 1 is 1.06 bits per heavy atom. The Labute approximate surface area is 205 Å². The Kier molecular flexibility index (Phi) is 7.70. The molecule has 1 aliphatic carbocycles. The van der Waals surface area contributed by atoms with Gasteiger partial charge in [-0.3, -0.25) is 9.59 Å². The summed E-state index contributed by atoms with van der Waals surface area (Å²) in [7, 11) is 1.46. The van der Waals surface area contributed by atoms with Gasteiger partial charge in [0, 0.05) is 39.1 Å². The Morgan fingerprint density at radius 2 is 1.69 bits per heavy atom. The monoisotopic (exact) mass is 480 g/mol. The van der Waals surface area contributed by atoms with Crippen molar-refractivity contribution in [1.29, 1.82) is 0 Å². The van der Waals surface area contributed by atoms with Crippen LogP contribution in [0.1, 0.15) is 36.8 Å². The smallest absolute Gasteiger partial charge is 0.407 e. The molecule has 3 atom stereocenters. The summed E-state index contributed by atoms with van der Waals surface area (Å²) in [4.78, 5) is 38.0. The first-order valence-corrected chi connectivity index (χ1v) is 12.0. The molecule has 1 unspecified atom stereocenters. The molecule has 186 valence electrons.